The van der Waals surface area contributed by atoms with E-state index < -0.39 is 116 Å². The zero-order valence-corrected chi connectivity index (χ0v) is 34.7. The van der Waals surface area contributed by atoms with Gasteiger partial charge in [-0.25, -0.2) is 14.8 Å². The maximum Gasteiger partial charge on any atom is 0.326 e. The van der Waals surface area contributed by atoms with E-state index in [4.69, 9.17) is 53.3 Å². The first-order chi connectivity index (χ1) is 30.3. The van der Waals surface area contributed by atoms with Gasteiger partial charge in [0.15, 0.2) is 29.6 Å². The lowest BCUT2D eigenvalue weighted by atomic mass is 9.84. The Morgan fingerprint density at radius 1 is 0.875 bits per heavy atom. The van der Waals surface area contributed by atoms with Gasteiger partial charge in [0.1, 0.15) is 48.8 Å². The molecule has 1 aromatic carbocycles. The molecule has 0 bridgehead atoms. The van der Waals surface area contributed by atoms with Crippen LogP contribution in [-0.4, -0.2) is 180 Å². The second kappa shape index (κ2) is 20.8. The lowest BCUT2D eigenvalue weighted by Gasteiger charge is -2.47. The van der Waals surface area contributed by atoms with Crippen LogP contribution in [0.1, 0.15) is 41.7 Å². The number of aliphatic carboxylic acids is 1. The number of aliphatic hydroxyl groups is 5. The van der Waals surface area contributed by atoms with E-state index in [9.17, 15) is 45.0 Å². The van der Waals surface area contributed by atoms with Crippen molar-refractivity contribution in [1.82, 2.24) is 30.6 Å². The summed E-state index contributed by atoms with van der Waals surface area (Å²) in [6.45, 7) is -0.562. The normalized spacial score (nSPS) is 32.4. The zero-order chi connectivity index (χ0) is 46.6. The highest BCUT2D eigenvalue weighted by Gasteiger charge is 2.50. The molecule has 4 heterocycles. The average Bonchev–Trinajstić information content (AvgIpc) is 3.25. The Morgan fingerprint density at radius 2 is 1.53 bits per heavy atom. The Bertz CT molecular complexity index is 2090. The van der Waals surface area contributed by atoms with Crippen LogP contribution in [0.5, 0.6) is 0 Å². The molecule has 1 saturated carbocycles. The number of carbonyl (C=O) groups excluding carboxylic acids is 2. The van der Waals surface area contributed by atoms with Crippen molar-refractivity contribution in [2.75, 3.05) is 36.6 Å². The Hall–Kier alpha value is -5.07. The zero-order valence-electron chi connectivity index (χ0n) is 34.7. The second-order valence-electron chi connectivity index (χ2n) is 16.2. The van der Waals surface area contributed by atoms with Crippen molar-refractivity contribution in [1.29, 1.82) is 0 Å². The van der Waals surface area contributed by atoms with Gasteiger partial charge in [0.2, 0.25) is 11.9 Å². The number of hydrogen-bond donors (Lipinski definition) is 14. The molecule has 15 atom stereocenters. The van der Waals surface area contributed by atoms with Gasteiger partial charge >= 0.3 is 5.97 Å². The van der Waals surface area contributed by atoms with Crippen molar-refractivity contribution in [3.63, 3.8) is 0 Å². The first kappa shape index (κ1) is 48.4. The smallest absolute Gasteiger partial charge is 0.326 e. The van der Waals surface area contributed by atoms with Gasteiger partial charge in [-0.05, 0) is 43.5 Å². The highest BCUT2D eigenvalue weighted by molar-refractivity contribution is 5.97. The number of nitrogens with two attached hydrogens (primary N) is 6. The molecule has 0 unspecified atom stereocenters. The summed E-state index contributed by atoms with van der Waals surface area (Å²) >= 11 is 0. The van der Waals surface area contributed by atoms with E-state index in [1.807, 2.05) is 4.90 Å². The number of fused-ring (bicyclic) bond motifs is 1. The lowest BCUT2D eigenvalue weighted by Crippen LogP contribution is -2.68. The third-order valence-corrected chi connectivity index (χ3v) is 11.4. The molecule has 2 aliphatic heterocycles. The molecule has 3 fully saturated rings. The van der Waals surface area contributed by atoms with Crippen molar-refractivity contribution < 1.29 is 64.0 Å². The third kappa shape index (κ3) is 11.2. The molecule has 2 aromatic heterocycles. The van der Waals surface area contributed by atoms with Crippen LogP contribution in [0.25, 0.3) is 11.2 Å². The number of nitrogens with one attached hydrogen (secondary N) is 2. The quantitative estimate of drug-likeness (QED) is 0.0636. The second-order valence-corrected chi connectivity index (χ2v) is 16.2. The summed E-state index contributed by atoms with van der Waals surface area (Å²) in [6.07, 6.45) is -12.1. The fourth-order valence-corrected chi connectivity index (χ4v) is 7.74. The van der Waals surface area contributed by atoms with Crippen molar-refractivity contribution in [2.45, 2.75) is 124 Å². The van der Waals surface area contributed by atoms with Crippen LogP contribution < -0.4 is 49.9 Å². The number of ether oxygens (including phenoxy) is 4. The summed E-state index contributed by atoms with van der Waals surface area (Å²) in [5, 5.41) is 67.4. The number of nitrogens with zero attached hydrogens (tertiary/aromatic N) is 5. The molecular formula is C38H57N13O13. The minimum Gasteiger partial charge on any atom is -0.480 e. The van der Waals surface area contributed by atoms with Crippen LogP contribution >= 0.6 is 0 Å². The molecule has 64 heavy (non-hydrogen) atoms. The van der Waals surface area contributed by atoms with E-state index in [1.54, 1.807) is 19.2 Å². The summed E-state index contributed by atoms with van der Waals surface area (Å²) < 4.78 is 23.3. The van der Waals surface area contributed by atoms with Crippen LogP contribution in [0, 0.1) is 0 Å². The van der Waals surface area contributed by atoms with Gasteiger partial charge in [-0.3, -0.25) is 9.59 Å². The topological polar surface area (TPSA) is 444 Å². The van der Waals surface area contributed by atoms with E-state index >= 15 is 0 Å². The molecule has 352 valence electrons. The number of nitrogen functional groups attached to an aromatic ring is 2. The van der Waals surface area contributed by atoms with E-state index in [0.29, 0.717) is 23.4 Å². The van der Waals surface area contributed by atoms with Crippen LogP contribution in [-0.2, 0) is 35.1 Å². The molecule has 6 rings (SSSR count). The molecule has 26 nitrogen and oxygen atoms in total. The third-order valence-electron chi connectivity index (χ3n) is 11.4. The molecule has 3 aromatic rings. The summed E-state index contributed by atoms with van der Waals surface area (Å²) in [7, 11) is 1.79. The predicted octanol–water partition coefficient (Wildman–Crippen LogP) is -5.94. The van der Waals surface area contributed by atoms with E-state index in [-0.39, 0.29) is 55.2 Å². The molecule has 1 aliphatic carbocycles. The minimum atomic E-state index is -1.55. The molecule has 26 heteroatoms. The predicted molar refractivity (Wildman–Crippen MR) is 223 cm³/mol. The number of carboxylic acid groups (broad SMARTS) is 1. The number of carboxylic acids is 1. The number of carbonyl (C=O) groups is 3. The number of aromatic nitrogens is 4. The molecule has 0 spiro atoms. The molecule has 0 radical (unpaired) electrons. The van der Waals surface area contributed by atoms with E-state index in [1.165, 1.54) is 18.3 Å². The van der Waals surface area contributed by atoms with E-state index in [0.717, 1.165) is 0 Å². The molecule has 2 saturated heterocycles. The van der Waals surface area contributed by atoms with Gasteiger partial charge in [-0.1, -0.05) is 0 Å². The van der Waals surface area contributed by atoms with Crippen LogP contribution in [0.2, 0.25) is 0 Å². The van der Waals surface area contributed by atoms with Gasteiger partial charge in [0, 0.05) is 43.3 Å². The maximum atomic E-state index is 13.1. The first-order valence-electron chi connectivity index (χ1n) is 20.5. The largest absolute Gasteiger partial charge is 0.480 e. The summed E-state index contributed by atoms with van der Waals surface area (Å²) in [5.41, 5.74) is 38.3. The van der Waals surface area contributed by atoms with Gasteiger partial charge in [0.05, 0.1) is 43.2 Å². The lowest BCUT2D eigenvalue weighted by molar-refractivity contribution is -0.315. The fraction of sp³-hybridized carbons (Fsp3) is 0.605. The fourth-order valence-electron chi connectivity index (χ4n) is 7.74. The highest BCUT2D eigenvalue weighted by Crippen LogP contribution is 2.31. The highest BCUT2D eigenvalue weighted by atomic mass is 16.7. The maximum absolute atomic E-state index is 13.1. The van der Waals surface area contributed by atoms with Crippen molar-refractivity contribution in [2.24, 2.45) is 22.9 Å². The van der Waals surface area contributed by atoms with Crippen molar-refractivity contribution >= 4 is 46.4 Å². The van der Waals surface area contributed by atoms with Crippen LogP contribution in [0.15, 0.2) is 30.5 Å². The summed E-state index contributed by atoms with van der Waals surface area (Å²) in [4.78, 5) is 56.6. The molecule has 2 amide bonds. The van der Waals surface area contributed by atoms with Crippen molar-refractivity contribution in [3.8, 4) is 0 Å². The Balaban J connectivity index is 0.976. The monoisotopic (exact) mass is 903 g/mol. The SMILES string of the molecule is CN(Cc1cnc2nc(N)nc(N)c2n1)c1ccc(C(=O)N[C@H](CCC(=O)NC[C@@H]2O[C@H](O[C@H]3[C@@H](O)[C@@H](O[C@@H]4O[C@H](CO)[C@H](O)[C@H](N)[C@@H]4O)[C@@H](N)C[C@H]3N)[C@H](N)C[C@H]2O)C(=O)O)cc1. The van der Waals surface area contributed by atoms with Gasteiger partial charge in [0.25, 0.3) is 5.91 Å². The Kier molecular flexibility index (Phi) is 15.8. The summed E-state index contributed by atoms with van der Waals surface area (Å²) in [6, 6.07) is 1.05. The number of hydrogen-bond acceptors (Lipinski definition) is 23. The van der Waals surface area contributed by atoms with Gasteiger partial charge in [-0.2, -0.15) is 9.97 Å². The van der Waals surface area contributed by atoms with Crippen LogP contribution in [0.4, 0.5) is 17.5 Å². The number of benzene rings is 1. The molecule has 3 aliphatic rings. The molecule has 20 N–H and O–H groups in total. The van der Waals surface area contributed by atoms with Gasteiger partial charge < -0.3 is 99.5 Å². The number of aliphatic hydroxyl groups excluding tert-OH is 5. The minimum absolute atomic E-state index is 0.0185. The molecular weight excluding hydrogens is 846 g/mol. The average molecular weight is 904 g/mol. The standard InChI is InChI=1S/C38H57N13O13/c1-51(12-15-10-46-33-26(47-15)32(43)49-38(44)50-33)16-4-2-14(3-5-16)34(58)48-20(35(59)60)6-7-24(54)45-11-22-21(53)9-19(41)36(61-22)63-30-17(39)8-18(40)31(29(30)57)64-37-28(56)25(42)27(55)23(13-52)62-37/h2-5,10,17-23,25,27-31,36-37,52-53,55-57H,6-9,11-13,39-42H2,1H3,(H,45,54)(H,48,58)(H,59,60)(H4,43,44,46,49,50)/t17-,18+,19-,20-,21-,22+,23-,25+,27+,28+,29-,30-,31+,36-,37+/m1/s1. The number of amides is 2. The number of anilines is 3. The van der Waals surface area contributed by atoms with Crippen molar-refractivity contribution in [3.05, 3.63) is 41.7 Å². The van der Waals surface area contributed by atoms with Crippen LogP contribution in [0.3, 0.4) is 0 Å². The Morgan fingerprint density at radius 3 is 2.19 bits per heavy atom. The first-order valence-corrected chi connectivity index (χ1v) is 20.5. The summed E-state index contributed by atoms with van der Waals surface area (Å²) in [5.74, 6) is -2.57. The van der Waals surface area contributed by atoms with E-state index in [2.05, 4.69) is 30.6 Å². The number of rotatable bonds is 16. The Labute approximate surface area is 365 Å². The van der Waals surface area contributed by atoms with Gasteiger partial charge in [-0.15, -0.1) is 0 Å².